The highest BCUT2D eigenvalue weighted by molar-refractivity contribution is 7.99. The maximum absolute atomic E-state index is 12.4. The number of thioether (sulfide) groups is 1. The predicted molar refractivity (Wildman–Crippen MR) is 160 cm³/mol. The van der Waals surface area contributed by atoms with Gasteiger partial charge in [-0.2, -0.15) is 0 Å². The summed E-state index contributed by atoms with van der Waals surface area (Å²) in [6, 6.07) is 16.3. The number of carboxylic acid groups (broad SMARTS) is 2. The molecule has 3 aromatic rings. The number of imidazole rings is 1. The Labute approximate surface area is 248 Å². The fourth-order valence-electron chi connectivity index (χ4n) is 4.39. The summed E-state index contributed by atoms with van der Waals surface area (Å²) in [7, 11) is 2.15. The zero-order valence-corrected chi connectivity index (χ0v) is 24.8. The number of carboxylic acids is 2. The Bertz CT molecular complexity index is 1340. The molecule has 1 aliphatic rings. The second kappa shape index (κ2) is 15.3. The number of hydrogen-bond donors (Lipinski definition) is 5. The SMILES string of the molecule is CC(C)C(=O)N(CCSc1cccc(C(OC2CCN(C)CC2)c2nc3ccccc3[nH]2)c1)C(=N)N.O=C(O)C(=O)O. The number of carbonyl (C=O) groups is 3. The van der Waals surface area contributed by atoms with Crippen molar-refractivity contribution in [2.75, 3.05) is 32.4 Å². The summed E-state index contributed by atoms with van der Waals surface area (Å²) in [6.07, 6.45) is 1.85. The first-order valence-corrected chi connectivity index (χ1v) is 14.6. The molecule has 2 aromatic carbocycles. The number of aliphatic carboxylic acids is 2. The van der Waals surface area contributed by atoms with E-state index >= 15 is 0 Å². The van der Waals surface area contributed by atoms with Crippen LogP contribution in [-0.2, 0) is 19.1 Å². The number of fused-ring (bicyclic) bond motifs is 1. The van der Waals surface area contributed by atoms with Crippen molar-refractivity contribution >= 4 is 46.6 Å². The smallest absolute Gasteiger partial charge is 0.414 e. The first kappa shape index (κ1) is 32.6. The Hall–Kier alpha value is -3.94. The molecule has 2 heterocycles. The van der Waals surface area contributed by atoms with Gasteiger partial charge >= 0.3 is 11.9 Å². The minimum Gasteiger partial charge on any atom is -0.473 e. The Kier molecular flexibility index (Phi) is 11.9. The van der Waals surface area contributed by atoms with E-state index in [1.165, 1.54) is 4.90 Å². The second-order valence-corrected chi connectivity index (χ2v) is 11.4. The van der Waals surface area contributed by atoms with Gasteiger partial charge in [0, 0.05) is 36.2 Å². The van der Waals surface area contributed by atoms with Crippen LogP contribution in [0.2, 0.25) is 0 Å². The molecule has 0 aliphatic carbocycles. The third kappa shape index (κ3) is 9.29. The van der Waals surface area contributed by atoms with Gasteiger partial charge in [0.15, 0.2) is 5.96 Å². The van der Waals surface area contributed by atoms with Crippen LogP contribution >= 0.6 is 11.8 Å². The van der Waals surface area contributed by atoms with E-state index in [-0.39, 0.29) is 30.0 Å². The molecule has 6 N–H and O–H groups in total. The van der Waals surface area contributed by atoms with Gasteiger partial charge in [-0.3, -0.25) is 15.1 Å². The summed E-state index contributed by atoms with van der Waals surface area (Å²) >= 11 is 1.63. The standard InChI is InChI=1S/C27H36N6O2S.C2H2O4/c1-18(2)26(34)33(27(28)29)15-16-36-21-8-6-7-19(17-21)24(35-20-11-13-32(3)14-12-20)25-30-22-9-4-5-10-23(22)31-25;3-1(4)2(5)6/h4-10,17-18,20,24H,11-16H2,1-3H3,(H3,28,29)(H,30,31);(H,3,4)(H,5,6). The molecule has 4 rings (SSSR count). The van der Waals surface area contributed by atoms with E-state index in [1.54, 1.807) is 11.8 Å². The largest absolute Gasteiger partial charge is 0.473 e. The molecular formula is C29H38N6O6S. The molecule has 1 atom stereocenters. The van der Waals surface area contributed by atoms with Crippen LogP contribution in [0.3, 0.4) is 0 Å². The molecule has 1 saturated heterocycles. The van der Waals surface area contributed by atoms with Crippen LogP contribution in [0.5, 0.6) is 0 Å². The van der Waals surface area contributed by atoms with E-state index in [1.807, 2.05) is 44.2 Å². The summed E-state index contributed by atoms with van der Waals surface area (Å²) in [6.45, 7) is 6.07. The number of para-hydroxylation sites is 2. The molecule has 42 heavy (non-hydrogen) atoms. The highest BCUT2D eigenvalue weighted by Crippen LogP contribution is 2.32. The Balaban J connectivity index is 0.000000730. The average Bonchev–Trinajstić information content (AvgIpc) is 3.39. The van der Waals surface area contributed by atoms with Crippen LogP contribution in [0.1, 0.15) is 44.2 Å². The molecule has 0 bridgehead atoms. The quantitative estimate of drug-likeness (QED) is 0.106. The number of rotatable bonds is 9. The summed E-state index contributed by atoms with van der Waals surface area (Å²) < 4.78 is 6.70. The number of nitrogens with one attached hydrogen (secondary N) is 2. The fourth-order valence-corrected chi connectivity index (χ4v) is 5.30. The molecule has 12 nitrogen and oxygen atoms in total. The third-order valence-electron chi connectivity index (χ3n) is 6.63. The zero-order chi connectivity index (χ0) is 30.8. The number of H-pyrrole nitrogens is 1. The minimum absolute atomic E-state index is 0.131. The van der Waals surface area contributed by atoms with Crippen molar-refractivity contribution in [2.24, 2.45) is 11.7 Å². The monoisotopic (exact) mass is 598 g/mol. The lowest BCUT2D eigenvalue weighted by atomic mass is 10.1. The lowest BCUT2D eigenvalue weighted by Crippen LogP contribution is -2.44. The normalized spacial score (nSPS) is 14.7. The van der Waals surface area contributed by atoms with Crippen LogP contribution in [0.15, 0.2) is 53.4 Å². The molecule has 1 unspecified atom stereocenters. The number of likely N-dealkylation sites (tertiary alicyclic amines) is 1. The minimum atomic E-state index is -1.82. The van der Waals surface area contributed by atoms with E-state index in [9.17, 15) is 4.79 Å². The number of benzene rings is 2. The van der Waals surface area contributed by atoms with Crippen LogP contribution in [0, 0.1) is 11.3 Å². The summed E-state index contributed by atoms with van der Waals surface area (Å²) in [5, 5.41) is 22.6. The lowest BCUT2D eigenvalue weighted by molar-refractivity contribution is -0.159. The zero-order valence-electron chi connectivity index (χ0n) is 23.9. The van der Waals surface area contributed by atoms with Crippen LogP contribution in [-0.4, -0.2) is 92.3 Å². The Morgan fingerprint density at radius 2 is 1.81 bits per heavy atom. The Morgan fingerprint density at radius 3 is 2.40 bits per heavy atom. The van der Waals surface area contributed by atoms with E-state index in [0.29, 0.717) is 12.3 Å². The number of piperidine rings is 1. The number of nitrogens with zero attached hydrogens (tertiary/aromatic N) is 3. The van der Waals surface area contributed by atoms with Gasteiger partial charge in [0.2, 0.25) is 5.91 Å². The number of aromatic nitrogens is 2. The third-order valence-corrected chi connectivity index (χ3v) is 7.60. The topological polar surface area (TPSA) is 186 Å². The van der Waals surface area contributed by atoms with E-state index in [2.05, 4.69) is 35.1 Å². The molecule has 1 aromatic heterocycles. The van der Waals surface area contributed by atoms with Gasteiger partial charge in [-0.1, -0.05) is 38.1 Å². The number of guanidine groups is 1. The second-order valence-electron chi connectivity index (χ2n) is 10.2. The summed E-state index contributed by atoms with van der Waals surface area (Å²) in [5.74, 6) is -2.75. The molecule has 1 amide bonds. The van der Waals surface area contributed by atoms with Crippen molar-refractivity contribution in [1.29, 1.82) is 5.41 Å². The molecule has 226 valence electrons. The van der Waals surface area contributed by atoms with Crippen LogP contribution < -0.4 is 5.73 Å². The molecule has 0 radical (unpaired) electrons. The van der Waals surface area contributed by atoms with Gasteiger partial charge in [-0.25, -0.2) is 14.6 Å². The van der Waals surface area contributed by atoms with Crippen molar-refractivity contribution in [1.82, 2.24) is 19.8 Å². The number of amides is 1. The molecule has 1 fully saturated rings. The highest BCUT2D eigenvalue weighted by atomic mass is 32.2. The number of carbonyl (C=O) groups excluding carboxylic acids is 1. The van der Waals surface area contributed by atoms with Crippen LogP contribution in [0.25, 0.3) is 11.0 Å². The van der Waals surface area contributed by atoms with E-state index < -0.39 is 11.9 Å². The van der Waals surface area contributed by atoms with Crippen molar-refractivity contribution in [2.45, 2.75) is 43.8 Å². The number of ether oxygens (including phenoxy) is 1. The van der Waals surface area contributed by atoms with Gasteiger partial charge in [0.05, 0.1) is 17.1 Å². The van der Waals surface area contributed by atoms with Crippen molar-refractivity contribution < 1.29 is 29.3 Å². The van der Waals surface area contributed by atoms with Gasteiger partial charge in [0.1, 0.15) is 11.9 Å². The maximum atomic E-state index is 12.4. The highest BCUT2D eigenvalue weighted by Gasteiger charge is 2.26. The van der Waals surface area contributed by atoms with Gasteiger partial charge in [-0.05, 0) is 49.7 Å². The summed E-state index contributed by atoms with van der Waals surface area (Å²) in [5.41, 5.74) is 8.62. The molecule has 0 spiro atoms. The molecule has 1 aliphatic heterocycles. The van der Waals surface area contributed by atoms with Crippen LogP contribution in [0.4, 0.5) is 0 Å². The maximum Gasteiger partial charge on any atom is 0.414 e. The molecule has 0 saturated carbocycles. The first-order chi connectivity index (χ1) is 20.0. The van der Waals surface area contributed by atoms with E-state index in [0.717, 1.165) is 53.2 Å². The number of nitrogens with two attached hydrogens (primary N) is 1. The van der Waals surface area contributed by atoms with Gasteiger partial charge in [0.25, 0.3) is 0 Å². The lowest BCUT2D eigenvalue weighted by Gasteiger charge is -2.31. The fraction of sp³-hybridized carbons (Fsp3) is 0.414. The molecule has 13 heteroatoms. The van der Waals surface area contributed by atoms with Crippen molar-refractivity contribution in [3.05, 3.63) is 59.9 Å². The van der Waals surface area contributed by atoms with Gasteiger partial charge < -0.3 is 30.6 Å². The van der Waals surface area contributed by atoms with Crippen molar-refractivity contribution in [3.8, 4) is 0 Å². The number of aromatic amines is 1. The first-order valence-electron chi connectivity index (χ1n) is 13.6. The molecular weight excluding hydrogens is 560 g/mol. The predicted octanol–water partition coefficient (Wildman–Crippen LogP) is 3.39. The number of hydrogen-bond acceptors (Lipinski definition) is 8. The Morgan fingerprint density at radius 1 is 1.14 bits per heavy atom. The van der Waals surface area contributed by atoms with Crippen molar-refractivity contribution in [3.63, 3.8) is 0 Å². The summed E-state index contributed by atoms with van der Waals surface area (Å²) in [4.78, 5) is 43.7. The van der Waals surface area contributed by atoms with Gasteiger partial charge in [-0.15, -0.1) is 11.8 Å². The average molecular weight is 599 g/mol. The van der Waals surface area contributed by atoms with E-state index in [4.69, 9.17) is 40.7 Å².